The average molecular weight is 265 g/mol. The summed E-state index contributed by atoms with van der Waals surface area (Å²) in [5, 5.41) is 14.3. The van der Waals surface area contributed by atoms with Crippen LogP contribution in [0.15, 0.2) is 18.5 Å². The number of nitriles is 1. The van der Waals surface area contributed by atoms with Crippen molar-refractivity contribution in [2.24, 2.45) is 0 Å². The average Bonchev–Trinajstić information content (AvgIpc) is 2.70. The van der Waals surface area contributed by atoms with Crippen LogP contribution in [0.1, 0.15) is 11.3 Å². The molecular weight excluding hydrogens is 259 g/mol. The molecule has 0 bridgehead atoms. The molecular formula is C11H6F3N5. The van der Waals surface area contributed by atoms with Gasteiger partial charge in [0.2, 0.25) is 0 Å². The van der Waals surface area contributed by atoms with Crippen LogP contribution in [0.4, 0.5) is 13.2 Å². The lowest BCUT2D eigenvalue weighted by atomic mass is 10.1. The van der Waals surface area contributed by atoms with Gasteiger partial charge in [0.1, 0.15) is 11.7 Å². The van der Waals surface area contributed by atoms with Crippen molar-refractivity contribution in [3.63, 3.8) is 0 Å². The van der Waals surface area contributed by atoms with Crippen molar-refractivity contribution in [1.82, 2.24) is 20.2 Å². The molecule has 5 nitrogen and oxygen atoms in total. The van der Waals surface area contributed by atoms with Gasteiger partial charge >= 0.3 is 6.18 Å². The van der Waals surface area contributed by atoms with Gasteiger partial charge in [-0.15, -0.1) is 0 Å². The van der Waals surface area contributed by atoms with Gasteiger partial charge in [0.15, 0.2) is 5.69 Å². The summed E-state index contributed by atoms with van der Waals surface area (Å²) in [5.74, 6) is 0. The van der Waals surface area contributed by atoms with Gasteiger partial charge in [0.05, 0.1) is 11.3 Å². The molecule has 3 heterocycles. The molecule has 0 amide bonds. The monoisotopic (exact) mass is 265 g/mol. The SMILES string of the molecule is N#Cc1[nH][nH]c1-c1c[nH]c2ncc(C(F)(F)F)cc12. The lowest BCUT2D eigenvalue weighted by molar-refractivity contribution is -0.137. The molecule has 0 aromatic carbocycles. The number of hydrogen-bond donors (Lipinski definition) is 3. The highest BCUT2D eigenvalue weighted by Gasteiger charge is 2.31. The number of aromatic amines is 3. The van der Waals surface area contributed by atoms with Gasteiger partial charge in [-0.3, -0.25) is 10.2 Å². The van der Waals surface area contributed by atoms with Gasteiger partial charge in [-0.2, -0.15) is 18.4 Å². The number of halogens is 3. The second-order valence-corrected chi connectivity index (χ2v) is 3.93. The molecule has 19 heavy (non-hydrogen) atoms. The minimum Gasteiger partial charge on any atom is -0.345 e. The summed E-state index contributed by atoms with van der Waals surface area (Å²) in [6.07, 6.45) is -2.17. The fourth-order valence-corrected chi connectivity index (χ4v) is 1.84. The summed E-state index contributed by atoms with van der Waals surface area (Å²) in [6.45, 7) is 0. The van der Waals surface area contributed by atoms with E-state index in [2.05, 4.69) is 20.2 Å². The van der Waals surface area contributed by atoms with E-state index in [0.29, 0.717) is 22.3 Å². The predicted octanol–water partition coefficient (Wildman–Crippen LogP) is 2.78. The molecule has 8 heteroatoms. The second-order valence-electron chi connectivity index (χ2n) is 3.93. The zero-order chi connectivity index (χ0) is 13.6. The van der Waals surface area contributed by atoms with Gasteiger partial charge in [-0.25, -0.2) is 4.98 Å². The van der Waals surface area contributed by atoms with Gasteiger partial charge in [-0.1, -0.05) is 0 Å². The molecule has 96 valence electrons. The molecule has 3 aromatic rings. The third-order valence-electron chi connectivity index (χ3n) is 2.80. The first kappa shape index (κ1) is 11.4. The van der Waals surface area contributed by atoms with Crippen LogP contribution in [-0.2, 0) is 6.18 Å². The lowest BCUT2D eigenvalue weighted by Crippen LogP contribution is -2.05. The topological polar surface area (TPSA) is 84.0 Å². The van der Waals surface area contributed by atoms with Gasteiger partial charge in [-0.05, 0) is 6.07 Å². The van der Waals surface area contributed by atoms with Crippen molar-refractivity contribution < 1.29 is 13.2 Å². The Morgan fingerprint density at radius 2 is 2.05 bits per heavy atom. The van der Waals surface area contributed by atoms with E-state index in [9.17, 15) is 13.2 Å². The van der Waals surface area contributed by atoms with Crippen LogP contribution < -0.4 is 0 Å². The Kier molecular flexibility index (Phi) is 2.19. The first-order valence-corrected chi connectivity index (χ1v) is 5.22. The largest absolute Gasteiger partial charge is 0.417 e. The van der Waals surface area contributed by atoms with Crippen molar-refractivity contribution in [1.29, 1.82) is 5.26 Å². The Bertz CT molecular complexity index is 783. The van der Waals surface area contributed by atoms with Crippen molar-refractivity contribution in [3.05, 3.63) is 29.7 Å². The number of nitrogens with one attached hydrogen (secondary N) is 3. The minimum absolute atomic E-state index is 0.276. The fraction of sp³-hybridized carbons (Fsp3) is 0.0909. The van der Waals surface area contributed by atoms with E-state index >= 15 is 0 Å². The highest BCUT2D eigenvalue weighted by atomic mass is 19.4. The summed E-state index contributed by atoms with van der Waals surface area (Å²) in [6, 6.07) is 2.91. The number of H-pyrrole nitrogens is 3. The Balaban J connectivity index is 2.21. The van der Waals surface area contributed by atoms with E-state index in [1.807, 2.05) is 6.07 Å². The van der Waals surface area contributed by atoms with Crippen LogP contribution in [0.5, 0.6) is 0 Å². The fourth-order valence-electron chi connectivity index (χ4n) is 1.84. The molecule has 3 N–H and O–H groups in total. The molecule has 0 radical (unpaired) electrons. The molecule has 0 aliphatic carbocycles. The van der Waals surface area contributed by atoms with E-state index in [1.54, 1.807) is 0 Å². The van der Waals surface area contributed by atoms with Crippen molar-refractivity contribution >= 4 is 11.0 Å². The second kappa shape index (κ2) is 3.65. The maximum atomic E-state index is 12.7. The first-order chi connectivity index (χ1) is 9.00. The molecule has 0 atom stereocenters. The van der Waals surface area contributed by atoms with Gasteiger partial charge in [0.25, 0.3) is 0 Å². The number of pyridine rings is 1. The van der Waals surface area contributed by atoms with Gasteiger partial charge in [0, 0.05) is 23.3 Å². The molecule has 0 saturated carbocycles. The Morgan fingerprint density at radius 3 is 2.63 bits per heavy atom. The summed E-state index contributed by atoms with van der Waals surface area (Å²) in [5.41, 5.74) is 0.714. The van der Waals surface area contributed by atoms with Crippen LogP contribution in [0.25, 0.3) is 22.3 Å². The highest BCUT2D eigenvalue weighted by Crippen LogP contribution is 2.34. The summed E-state index contributed by atoms with van der Waals surface area (Å²) >= 11 is 0. The maximum absolute atomic E-state index is 12.7. The van der Waals surface area contributed by atoms with E-state index in [1.165, 1.54) is 6.20 Å². The van der Waals surface area contributed by atoms with Crippen LogP contribution in [0, 0.1) is 11.3 Å². The van der Waals surface area contributed by atoms with Gasteiger partial charge < -0.3 is 4.98 Å². The molecule has 3 aromatic heterocycles. The zero-order valence-corrected chi connectivity index (χ0v) is 9.26. The number of aromatic nitrogens is 4. The van der Waals surface area contributed by atoms with Crippen LogP contribution in [0.2, 0.25) is 0 Å². The number of hydrogen-bond acceptors (Lipinski definition) is 2. The first-order valence-electron chi connectivity index (χ1n) is 5.22. The summed E-state index contributed by atoms with van der Waals surface area (Å²) in [7, 11) is 0. The molecule has 0 saturated heterocycles. The Labute approximate surface area is 104 Å². The molecule has 0 fully saturated rings. The summed E-state index contributed by atoms with van der Waals surface area (Å²) < 4.78 is 38.0. The summed E-state index contributed by atoms with van der Waals surface area (Å²) in [4.78, 5) is 6.50. The van der Waals surface area contributed by atoms with E-state index < -0.39 is 11.7 Å². The van der Waals surface area contributed by atoms with E-state index in [-0.39, 0.29) is 5.69 Å². The Hall–Kier alpha value is -2.69. The van der Waals surface area contributed by atoms with E-state index in [0.717, 1.165) is 12.3 Å². The lowest BCUT2D eigenvalue weighted by Gasteiger charge is -2.08. The minimum atomic E-state index is -4.45. The molecule has 0 aliphatic heterocycles. The molecule has 0 aliphatic rings. The van der Waals surface area contributed by atoms with Crippen molar-refractivity contribution in [3.8, 4) is 17.3 Å². The van der Waals surface area contributed by atoms with Crippen molar-refractivity contribution in [2.75, 3.05) is 0 Å². The zero-order valence-electron chi connectivity index (χ0n) is 9.26. The Morgan fingerprint density at radius 1 is 1.26 bits per heavy atom. The molecule has 3 rings (SSSR count). The van der Waals surface area contributed by atoms with Crippen molar-refractivity contribution in [2.45, 2.75) is 6.18 Å². The quantitative estimate of drug-likeness (QED) is 0.632. The standard InChI is InChI=1S/C11H6F3N5/c12-11(13,14)5-1-6-7(4-17-10(6)16-3-5)9-8(2-15)18-19-9/h1,3-4,18-19H,(H,16,17). The normalized spacial score (nSPS) is 11.9. The molecule has 0 unspecified atom stereocenters. The third-order valence-corrected chi connectivity index (χ3v) is 2.80. The smallest absolute Gasteiger partial charge is 0.345 e. The molecule has 0 spiro atoms. The number of alkyl halides is 3. The van der Waals surface area contributed by atoms with Crippen LogP contribution in [0.3, 0.4) is 0 Å². The third kappa shape index (κ3) is 1.67. The number of nitrogens with zero attached hydrogens (tertiary/aromatic N) is 2. The van der Waals surface area contributed by atoms with Crippen LogP contribution in [-0.4, -0.2) is 20.2 Å². The van der Waals surface area contributed by atoms with Crippen LogP contribution >= 0.6 is 0 Å². The predicted molar refractivity (Wildman–Crippen MR) is 59.9 cm³/mol. The highest BCUT2D eigenvalue weighted by molar-refractivity contribution is 5.94. The number of rotatable bonds is 1. The number of fused-ring (bicyclic) bond motifs is 1. The van der Waals surface area contributed by atoms with E-state index in [4.69, 9.17) is 5.26 Å². The maximum Gasteiger partial charge on any atom is 0.417 e.